The van der Waals surface area contributed by atoms with Gasteiger partial charge in [-0.3, -0.25) is 5.04 Å². The SMILES string of the molecule is O=C(OCCOc1cccc2ccccc12)C(SOO[O-])(C(F)(F)F)C(F)(F)F. The predicted molar refractivity (Wildman–Crippen MR) is 85.0 cm³/mol. The van der Waals surface area contributed by atoms with Crippen LogP contribution in [0.15, 0.2) is 42.5 Å². The van der Waals surface area contributed by atoms with E-state index in [4.69, 9.17) is 4.74 Å². The quantitative estimate of drug-likeness (QED) is 0.154. The molecule has 2 aromatic rings. The predicted octanol–water partition coefficient (Wildman–Crippen LogP) is 3.50. The number of carbonyl (C=O) groups excluding carboxylic acids is 1. The lowest BCUT2D eigenvalue weighted by molar-refractivity contribution is -0.777. The smallest absolute Gasteiger partial charge is 0.425 e. The first-order valence-electron chi connectivity index (χ1n) is 7.60. The van der Waals surface area contributed by atoms with Crippen LogP contribution < -0.4 is 9.99 Å². The van der Waals surface area contributed by atoms with E-state index < -0.39 is 48.3 Å². The number of halogens is 6. The van der Waals surface area contributed by atoms with Crippen LogP contribution in [0.1, 0.15) is 0 Å². The van der Waals surface area contributed by atoms with Crippen molar-refractivity contribution in [3.05, 3.63) is 42.5 Å². The summed E-state index contributed by atoms with van der Waals surface area (Å²) in [7, 11) is 0. The molecule has 0 N–H and O–H groups in total. The molecule has 0 atom stereocenters. The van der Waals surface area contributed by atoms with E-state index in [9.17, 15) is 36.4 Å². The fourth-order valence-electron chi connectivity index (χ4n) is 2.29. The lowest BCUT2D eigenvalue weighted by atomic mass is 10.1. The first-order chi connectivity index (χ1) is 13.5. The molecular weight excluding hydrogens is 434 g/mol. The summed E-state index contributed by atoms with van der Waals surface area (Å²) in [5.74, 6) is -2.45. The third-order valence-electron chi connectivity index (χ3n) is 3.60. The maximum absolute atomic E-state index is 13.1. The molecule has 13 heteroatoms. The Kier molecular flexibility index (Phi) is 7.21. The number of benzene rings is 2. The first-order valence-corrected chi connectivity index (χ1v) is 8.34. The minimum Gasteiger partial charge on any atom is -0.691 e. The van der Waals surface area contributed by atoms with Gasteiger partial charge in [-0.1, -0.05) is 36.4 Å². The lowest BCUT2D eigenvalue weighted by Gasteiger charge is -2.32. The number of hydrogen-bond donors (Lipinski definition) is 0. The Morgan fingerprint density at radius 1 is 0.931 bits per heavy atom. The molecule has 0 spiro atoms. The van der Waals surface area contributed by atoms with Crippen molar-refractivity contribution in [1.82, 2.24) is 0 Å². The molecule has 0 unspecified atom stereocenters. The van der Waals surface area contributed by atoms with Crippen molar-refractivity contribution in [3.63, 3.8) is 0 Å². The van der Waals surface area contributed by atoms with Gasteiger partial charge in [0.25, 0.3) is 0 Å². The van der Waals surface area contributed by atoms with Gasteiger partial charge >= 0.3 is 23.1 Å². The summed E-state index contributed by atoms with van der Waals surface area (Å²) >= 11 is -1.55. The monoisotopic (exact) mass is 445 g/mol. The zero-order chi connectivity index (χ0) is 21.7. The Balaban J connectivity index is 2.10. The normalized spacial score (nSPS) is 12.8. The zero-order valence-corrected chi connectivity index (χ0v) is 14.9. The van der Waals surface area contributed by atoms with Crippen LogP contribution in [-0.4, -0.2) is 36.3 Å². The minimum absolute atomic E-state index is 0.287. The highest BCUT2D eigenvalue weighted by atomic mass is 32.2. The van der Waals surface area contributed by atoms with Gasteiger partial charge in [0.15, 0.2) is 0 Å². The highest BCUT2D eigenvalue weighted by Crippen LogP contribution is 2.53. The van der Waals surface area contributed by atoms with Crippen LogP contribution in [-0.2, 0) is 18.9 Å². The van der Waals surface area contributed by atoms with Gasteiger partial charge in [-0.15, -0.1) is 0 Å². The molecule has 2 rings (SSSR count). The number of esters is 1. The van der Waals surface area contributed by atoms with Crippen molar-refractivity contribution in [2.75, 3.05) is 13.2 Å². The number of alkyl halides is 6. The van der Waals surface area contributed by atoms with E-state index in [0.717, 1.165) is 5.39 Å². The van der Waals surface area contributed by atoms with Gasteiger partial charge in [0.2, 0.25) is 0 Å². The van der Waals surface area contributed by atoms with Gasteiger partial charge in [-0.2, -0.15) is 30.7 Å². The van der Waals surface area contributed by atoms with E-state index in [1.54, 1.807) is 36.4 Å². The van der Waals surface area contributed by atoms with E-state index in [0.29, 0.717) is 5.39 Å². The molecule has 0 amide bonds. The Morgan fingerprint density at radius 2 is 1.55 bits per heavy atom. The van der Waals surface area contributed by atoms with Gasteiger partial charge in [-0.05, 0) is 11.5 Å². The Hall–Kier alpha value is -2.22. The van der Waals surface area contributed by atoms with Crippen LogP contribution in [0.2, 0.25) is 0 Å². The van der Waals surface area contributed by atoms with Gasteiger partial charge in [0.05, 0.1) is 12.0 Å². The fraction of sp³-hybridized carbons (Fsp3) is 0.312. The molecule has 0 aliphatic rings. The van der Waals surface area contributed by atoms with Crippen molar-refractivity contribution >= 4 is 28.8 Å². The van der Waals surface area contributed by atoms with Crippen molar-refractivity contribution in [2.24, 2.45) is 0 Å². The van der Waals surface area contributed by atoms with Crippen molar-refractivity contribution in [1.29, 1.82) is 0 Å². The largest absolute Gasteiger partial charge is 0.691 e. The molecule has 0 radical (unpaired) electrons. The number of rotatable bonds is 8. The lowest BCUT2D eigenvalue weighted by Crippen LogP contribution is -2.60. The molecule has 160 valence electrons. The Morgan fingerprint density at radius 3 is 2.17 bits per heavy atom. The van der Waals surface area contributed by atoms with E-state index in [1.165, 1.54) is 6.07 Å². The maximum atomic E-state index is 13.1. The van der Waals surface area contributed by atoms with Crippen LogP contribution in [0, 0.1) is 0 Å². The molecular formula is C16H11F6O6S-. The highest BCUT2D eigenvalue weighted by Gasteiger charge is 2.79. The van der Waals surface area contributed by atoms with Crippen LogP contribution >= 0.6 is 12.0 Å². The average molecular weight is 445 g/mol. The number of hydrogen-bond acceptors (Lipinski definition) is 7. The number of ether oxygens (including phenoxy) is 2. The molecule has 6 nitrogen and oxygen atoms in total. The van der Waals surface area contributed by atoms with Gasteiger partial charge < -0.3 is 14.7 Å². The molecule has 0 bridgehead atoms. The van der Waals surface area contributed by atoms with Crippen molar-refractivity contribution in [3.8, 4) is 5.75 Å². The summed E-state index contributed by atoms with van der Waals surface area (Å²) in [5.41, 5.74) is 0. The maximum Gasteiger partial charge on any atom is 0.425 e. The summed E-state index contributed by atoms with van der Waals surface area (Å²) < 4.78 is 85.9. The number of carbonyl (C=O) groups is 1. The van der Waals surface area contributed by atoms with E-state index >= 15 is 0 Å². The third-order valence-corrected chi connectivity index (χ3v) is 4.60. The van der Waals surface area contributed by atoms with E-state index in [-0.39, 0.29) is 5.75 Å². The molecule has 0 heterocycles. The van der Waals surface area contributed by atoms with Crippen LogP contribution in [0.25, 0.3) is 10.8 Å². The molecule has 2 aromatic carbocycles. The summed E-state index contributed by atoms with van der Waals surface area (Å²) in [6, 6.07) is 11.8. The second-order valence-corrected chi connectivity index (χ2v) is 6.27. The fourth-order valence-corrected chi connectivity index (χ4v) is 2.74. The zero-order valence-electron chi connectivity index (χ0n) is 14.1. The Bertz CT molecular complexity index is 821. The molecule has 0 aliphatic carbocycles. The van der Waals surface area contributed by atoms with Gasteiger partial charge in [0.1, 0.15) is 19.0 Å². The highest BCUT2D eigenvalue weighted by molar-refractivity contribution is 7.96. The second kappa shape index (κ2) is 9.07. The molecule has 0 fully saturated rings. The summed E-state index contributed by atoms with van der Waals surface area (Å²) in [5, 5.41) is 13.7. The van der Waals surface area contributed by atoms with E-state index in [1.807, 2.05) is 0 Å². The third kappa shape index (κ3) is 4.86. The van der Waals surface area contributed by atoms with Crippen molar-refractivity contribution in [2.45, 2.75) is 17.1 Å². The van der Waals surface area contributed by atoms with Crippen LogP contribution in [0.3, 0.4) is 0 Å². The number of fused-ring (bicyclic) bond motifs is 1. The molecule has 29 heavy (non-hydrogen) atoms. The molecule has 0 aliphatic heterocycles. The second-order valence-electron chi connectivity index (χ2n) is 5.36. The Labute approximate surface area is 163 Å². The average Bonchev–Trinajstić information content (AvgIpc) is 2.63. The molecule has 0 aromatic heterocycles. The molecule has 0 saturated carbocycles. The minimum atomic E-state index is -6.21. The first kappa shape index (κ1) is 23.1. The van der Waals surface area contributed by atoms with Crippen molar-refractivity contribution < 1.29 is 55.2 Å². The summed E-state index contributed by atoms with van der Waals surface area (Å²) in [6.07, 6.45) is -12.4. The van der Waals surface area contributed by atoms with Crippen LogP contribution in [0.4, 0.5) is 26.3 Å². The standard InChI is InChI=1S/C16H12F6O6S/c17-15(18,19)14(16(20,21)22,29-28-27-24)13(23)26-9-8-25-12-7-3-5-10-4-1-2-6-11(10)12/h1-7,24H,8-9H2/p-1. The summed E-state index contributed by atoms with van der Waals surface area (Å²) in [4.78, 5) is 11.7. The topological polar surface area (TPSA) is 77.1 Å². The van der Waals surface area contributed by atoms with Gasteiger partial charge in [-0.25, -0.2) is 4.79 Å². The summed E-state index contributed by atoms with van der Waals surface area (Å²) in [6.45, 7) is -1.47. The molecule has 0 saturated heterocycles. The van der Waals surface area contributed by atoms with Crippen LogP contribution in [0.5, 0.6) is 5.75 Å². The van der Waals surface area contributed by atoms with E-state index in [2.05, 4.69) is 14.1 Å². The van der Waals surface area contributed by atoms with Gasteiger partial charge in [0, 0.05) is 5.39 Å².